The molecule has 2 heterocycles. The molecule has 0 spiro atoms. The minimum Gasteiger partial charge on any atom is -0.480 e. The number of pyridine rings is 1. The van der Waals surface area contributed by atoms with E-state index >= 15 is 0 Å². The van der Waals surface area contributed by atoms with Gasteiger partial charge in [-0.1, -0.05) is 48.5 Å². The molecule has 2 N–H and O–H groups in total. The van der Waals surface area contributed by atoms with Crippen molar-refractivity contribution in [1.82, 2.24) is 9.88 Å². The summed E-state index contributed by atoms with van der Waals surface area (Å²) in [5.41, 5.74) is 5.04. The maximum absolute atomic E-state index is 12.8. The van der Waals surface area contributed by atoms with Crippen LogP contribution < -0.4 is 5.32 Å². The lowest BCUT2D eigenvalue weighted by Gasteiger charge is -2.24. The highest BCUT2D eigenvalue weighted by atomic mass is 32.2. The van der Waals surface area contributed by atoms with E-state index in [4.69, 9.17) is 4.74 Å². The summed E-state index contributed by atoms with van der Waals surface area (Å²) >= 11 is 1.41. The first-order valence-electron chi connectivity index (χ1n) is 11.2. The normalized spacial score (nSPS) is 18.6. The van der Waals surface area contributed by atoms with E-state index < -0.39 is 24.0 Å². The Morgan fingerprint density at radius 3 is 2.31 bits per heavy atom. The highest BCUT2D eigenvalue weighted by Gasteiger charge is 2.40. The molecule has 2 aliphatic rings. The van der Waals surface area contributed by atoms with Crippen molar-refractivity contribution in [3.05, 3.63) is 83.7 Å². The average molecular weight is 490 g/mol. The summed E-state index contributed by atoms with van der Waals surface area (Å²) in [5, 5.41) is 11.8. The van der Waals surface area contributed by atoms with E-state index in [2.05, 4.69) is 34.6 Å². The van der Waals surface area contributed by atoms with Crippen molar-refractivity contribution in [2.45, 2.75) is 24.3 Å². The number of thioether (sulfide) groups is 1. The number of nitrogens with zero attached hydrogens (tertiary/aromatic N) is 2. The Morgan fingerprint density at radius 1 is 1.06 bits per heavy atom. The lowest BCUT2D eigenvalue weighted by atomic mass is 9.98. The van der Waals surface area contributed by atoms with Crippen LogP contribution in [0.25, 0.3) is 11.1 Å². The number of amides is 2. The summed E-state index contributed by atoms with van der Waals surface area (Å²) in [5.74, 6) is -1.20. The van der Waals surface area contributed by atoms with Crippen LogP contribution in [0.1, 0.15) is 34.5 Å². The number of rotatable bonds is 5. The minimum absolute atomic E-state index is 0.0474. The number of aliphatic carboxylic acids is 1. The van der Waals surface area contributed by atoms with Gasteiger partial charge in [0.05, 0.1) is 17.3 Å². The standard InChI is InChI=1S/C26H23N3O5S/c1-15-29(23(14-35-15)25(31)32)24(30)22-11-10-16(12-27-22)28-26(33)34-13-21-19-8-4-2-6-17(19)18-7-3-5-9-20(18)21/h2-12,15,21,23H,13-14H2,1H3,(H,28,33)(H,31,32). The number of anilines is 1. The Balaban J connectivity index is 1.22. The first-order chi connectivity index (χ1) is 16.9. The molecule has 1 aliphatic carbocycles. The molecule has 2 amide bonds. The van der Waals surface area contributed by atoms with E-state index in [1.165, 1.54) is 28.9 Å². The van der Waals surface area contributed by atoms with Gasteiger partial charge in [0, 0.05) is 11.7 Å². The highest BCUT2D eigenvalue weighted by Crippen LogP contribution is 2.44. The van der Waals surface area contributed by atoms with Crippen LogP contribution in [0.3, 0.4) is 0 Å². The molecule has 2 aromatic carbocycles. The lowest BCUT2D eigenvalue weighted by Crippen LogP contribution is -2.45. The molecule has 0 bridgehead atoms. The molecule has 1 saturated heterocycles. The van der Waals surface area contributed by atoms with Gasteiger partial charge < -0.3 is 14.7 Å². The zero-order valence-corrected chi connectivity index (χ0v) is 19.7. The lowest BCUT2D eigenvalue weighted by molar-refractivity contribution is -0.141. The van der Waals surface area contributed by atoms with E-state index in [-0.39, 0.29) is 23.6 Å². The Kier molecular flexibility index (Phi) is 6.17. The van der Waals surface area contributed by atoms with E-state index in [1.807, 2.05) is 24.3 Å². The number of nitrogens with one attached hydrogen (secondary N) is 1. The highest BCUT2D eigenvalue weighted by molar-refractivity contribution is 8.00. The molecule has 1 aromatic heterocycles. The van der Waals surface area contributed by atoms with Crippen LogP contribution >= 0.6 is 11.8 Å². The van der Waals surface area contributed by atoms with Gasteiger partial charge in [0.1, 0.15) is 18.3 Å². The number of carbonyl (C=O) groups excluding carboxylic acids is 2. The van der Waals surface area contributed by atoms with Crippen LogP contribution in [0.2, 0.25) is 0 Å². The predicted octanol–water partition coefficient (Wildman–Crippen LogP) is 4.43. The number of hydrogen-bond acceptors (Lipinski definition) is 6. The van der Waals surface area contributed by atoms with Crippen molar-refractivity contribution in [3.8, 4) is 11.1 Å². The summed E-state index contributed by atoms with van der Waals surface area (Å²) < 4.78 is 5.54. The van der Waals surface area contributed by atoms with Gasteiger partial charge >= 0.3 is 12.1 Å². The number of hydrogen-bond donors (Lipinski definition) is 2. The van der Waals surface area contributed by atoms with Gasteiger partial charge in [-0.25, -0.2) is 14.6 Å². The molecule has 0 saturated carbocycles. The Labute approximate surface area is 206 Å². The molecule has 178 valence electrons. The van der Waals surface area contributed by atoms with E-state index in [1.54, 1.807) is 13.0 Å². The number of benzene rings is 2. The third-order valence-electron chi connectivity index (χ3n) is 6.32. The third-order valence-corrected chi connectivity index (χ3v) is 7.53. The van der Waals surface area contributed by atoms with E-state index in [9.17, 15) is 19.5 Å². The molecule has 0 radical (unpaired) electrons. The zero-order chi connectivity index (χ0) is 24.5. The van der Waals surface area contributed by atoms with Gasteiger partial charge in [0.15, 0.2) is 0 Å². The van der Waals surface area contributed by atoms with Gasteiger partial charge in [-0.3, -0.25) is 10.1 Å². The Morgan fingerprint density at radius 2 is 1.71 bits per heavy atom. The molecule has 3 aromatic rings. The average Bonchev–Trinajstić information content (AvgIpc) is 3.41. The van der Waals surface area contributed by atoms with Crippen molar-refractivity contribution >= 4 is 35.4 Å². The summed E-state index contributed by atoms with van der Waals surface area (Å²) in [7, 11) is 0. The van der Waals surface area contributed by atoms with Crippen molar-refractivity contribution in [2.24, 2.45) is 0 Å². The molecule has 35 heavy (non-hydrogen) atoms. The number of carboxylic acids is 1. The number of fused-ring (bicyclic) bond motifs is 3. The molecule has 9 heteroatoms. The van der Waals surface area contributed by atoms with Gasteiger partial charge in [-0.2, -0.15) is 0 Å². The van der Waals surface area contributed by atoms with Crippen molar-refractivity contribution in [1.29, 1.82) is 0 Å². The second-order valence-electron chi connectivity index (χ2n) is 8.38. The van der Waals surface area contributed by atoms with Gasteiger partial charge in [-0.15, -0.1) is 11.8 Å². The fourth-order valence-corrected chi connectivity index (χ4v) is 5.79. The summed E-state index contributed by atoms with van der Waals surface area (Å²) in [6.45, 7) is 1.98. The van der Waals surface area contributed by atoms with Crippen molar-refractivity contribution in [2.75, 3.05) is 17.7 Å². The van der Waals surface area contributed by atoms with Crippen LogP contribution in [0, 0.1) is 0 Å². The second-order valence-corrected chi connectivity index (χ2v) is 9.73. The molecule has 2 atom stereocenters. The quantitative estimate of drug-likeness (QED) is 0.546. The van der Waals surface area contributed by atoms with Gasteiger partial charge in [-0.05, 0) is 41.3 Å². The number of ether oxygens (including phenoxy) is 1. The smallest absolute Gasteiger partial charge is 0.411 e. The van der Waals surface area contributed by atoms with E-state index in [0.717, 1.165) is 22.3 Å². The van der Waals surface area contributed by atoms with Crippen LogP contribution in [0.4, 0.5) is 10.5 Å². The maximum atomic E-state index is 12.8. The molecule has 2 unspecified atom stereocenters. The maximum Gasteiger partial charge on any atom is 0.411 e. The first kappa shape index (κ1) is 22.9. The largest absolute Gasteiger partial charge is 0.480 e. The Bertz CT molecular complexity index is 1250. The van der Waals surface area contributed by atoms with Crippen molar-refractivity contribution < 1.29 is 24.2 Å². The number of carboxylic acid groups (broad SMARTS) is 1. The topological polar surface area (TPSA) is 109 Å². The molecular weight excluding hydrogens is 466 g/mol. The fraction of sp³-hybridized carbons (Fsp3) is 0.231. The van der Waals surface area contributed by atoms with Gasteiger partial charge in [0.2, 0.25) is 0 Å². The second kappa shape index (κ2) is 9.42. The molecule has 5 rings (SSSR count). The fourth-order valence-electron chi connectivity index (χ4n) is 4.62. The number of carbonyl (C=O) groups is 3. The molecule has 8 nitrogen and oxygen atoms in total. The SMILES string of the molecule is CC1SCC(C(=O)O)N1C(=O)c1ccc(NC(=O)OCC2c3ccccc3-c3ccccc32)cn1. The predicted molar refractivity (Wildman–Crippen MR) is 132 cm³/mol. The molecule has 1 aliphatic heterocycles. The van der Waals surface area contributed by atoms with Crippen molar-refractivity contribution in [3.63, 3.8) is 0 Å². The summed E-state index contributed by atoms with van der Waals surface area (Å²) in [6.07, 6.45) is 0.737. The first-order valence-corrected chi connectivity index (χ1v) is 12.2. The summed E-state index contributed by atoms with van der Waals surface area (Å²) in [4.78, 5) is 42.2. The van der Waals surface area contributed by atoms with Gasteiger partial charge in [0.25, 0.3) is 5.91 Å². The van der Waals surface area contributed by atoms with E-state index in [0.29, 0.717) is 11.4 Å². The zero-order valence-electron chi connectivity index (χ0n) is 18.9. The Hall–Kier alpha value is -3.85. The molecular formula is C26H23N3O5S. The number of aromatic nitrogens is 1. The van der Waals surface area contributed by atoms with Crippen LogP contribution in [-0.4, -0.2) is 56.7 Å². The van der Waals surface area contributed by atoms with Crippen LogP contribution in [-0.2, 0) is 9.53 Å². The summed E-state index contributed by atoms with van der Waals surface area (Å²) in [6, 6.07) is 18.3. The molecule has 1 fully saturated rings. The monoisotopic (exact) mass is 489 g/mol. The third kappa shape index (κ3) is 4.35. The van der Waals surface area contributed by atoms with Crippen LogP contribution in [0.5, 0.6) is 0 Å². The van der Waals surface area contributed by atoms with Crippen LogP contribution in [0.15, 0.2) is 66.9 Å². The minimum atomic E-state index is -1.04.